The first-order valence-electron chi connectivity index (χ1n) is 7.51. The van der Waals surface area contributed by atoms with Crippen LogP contribution in [0.4, 0.5) is 0 Å². The highest BCUT2D eigenvalue weighted by atomic mass is 16.5. The molecule has 0 radical (unpaired) electrons. The van der Waals surface area contributed by atoms with Gasteiger partial charge in [-0.15, -0.1) is 0 Å². The summed E-state index contributed by atoms with van der Waals surface area (Å²) >= 11 is 0. The van der Waals surface area contributed by atoms with Crippen LogP contribution in [0.3, 0.4) is 0 Å². The third-order valence-electron chi connectivity index (χ3n) is 3.26. The van der Waals surface area contributed by atoms with Crippen molar-refractivity contribution >= 4 is 5.97 Å². The van der Waals surface area contributed by atoms with E-state index >= 15 is 0 Å². The zero-order valence-electron chi connectivity index (χ0n) is 12.3. The fourth-order valence-corrected chi connectivity index (χ4v) is 2.19. The van der Waals surface area contributed by atoms with Crippen LogP contribution in [0.2, 0.25) is 0 Å². The minimum atomic E-state index is -0.536. The van der Waals surface area contributed by atoms with Gasteiger partial charge in [-0.3, -0.25) is 4.79 Å². The average molecular weight is 258 g/mol. The van der Waals surface area contributed by atoms with E-state index in [1.165, 1.54) is 19.3 Å². The Morgan fingerprint density at radius 2 is 1.67 bits per heavy atom. The summed E-state index contributed by atoms with van der Waals surface area (Å²) in [7, 11) is 0. The van der Waals surface area contributed by atoms with E-state index in [2.05, 4.69) is 6.92 Å². The molecule has 0 aliphatic heterocycles. The maximum atomic E-state index is 11.7. The number of rotatable bonds is 11. The second-order valence-corrected chi connectivity index (χ2v) is 4.92. The highest BCUT2D eigenvalue weighted by molar-refractivity contribution is 5.73. The first-order valence-corrected chi connectivity index (χ1v) is 7.51. The molecule has 2 unspecified atom stereocenters. The summed E-state index contributed by atoms with van der Waals surface area (Å²) in [4.78, 5) is 11.7. The van der Waals surface area contributed by atoms with Gasteiger partial charge < -0.3 is 9.84 Å². The monoisotopic (exact) mass is 258 g/mol. The smallest absolute Gasteiger partial charge is 0.311 e. The van der Waals surface area contributed by atoms with Gasteiger partial charge >= 0.3 is 5.97 Å². The SMILES string of the molecule is CCCCCCCC(O)C(CCC)C(=O)OCC. The van der Waals surface area contributed by atoms with E-state index in [1.54, 1.807) is 6.92 Å². The largest absolute Gasteiger partial charge is 0.466 e. The molecule has 0 fully saturated rings. The quantitative estimate of drug-likeness (QED) is 0.454. The number of unbranched alkanes of at least 4 members (excludes halogenated alkanes) is 4. The molecule has 3 heteroatoms. The summed E-state index contributed by atoms with van der Waals surface area (Å²) in [6.45, 7) is 6.41. The topological polar surface area (TPSA) is 46.5 Å². The summed E-state index contributed by atoms with van der Waals surface area (Å²) in [5, 5.41) is 10.1. The van der Waals surface area contributed by atoms with Gasteiger partial charge in [0.1, 0.15) is 0 Å². The Labute approximate surface area is 112 Å². The Morgan fingerprint density at radius 1 is 1.00 bits per heavy atom. The lowest BCUT2D eigenvalue weighted by Gasteiger charge is -2.20. The van der Waals surface area contributed by atoms with Gasteiger partial charge in [0.2, 0.25) is 0 Å². The van der Waals surface area contributed by atoms with Gasteiger partial charge in [-0.1, -0.05) is 52.4 Å². The fourth-order valence-electron chi connectivity index (χ4n) is 2.19. The van der Waals surface area contributed by atoms with Crippen molar-refractivity contribution in [3.05, 3.63) is 0 Å². The minimum absolute atomic E-state index is 0.236. The highest BCUT2D eigenvalue weighted by Crippen LogP contribution is 2.19. The second kappa shape index (κ2) is 11.5. The highest BCUT2D eigenvalue weighted by Gasteiger charge is 2.26. The molecule has 3 nitrogen and oxygen atoms in total. The second-order valence-electron chi connectivity index (χ2n) is 4.92. The zero-order chi connectivity index (χ0) is 13.8. The first-order chi connectivity index (χ1) is 8.67. The number of ether oxygens (including phenoxy) is 1. The molecule has 0 aromatic carbocycles. The number of hydrogen-bond donors (Lipinski definition) is 1. The Morgan fingerprint density at radius 3 is 2.22 bits per heavy atom. The van der Waals surface area contributed by atoms with Crippen LogP contribution < -0.4 is 0 Å². The molecule has 2 atom stereocenters. The number of aliphatic hydroxyl groups is 1. The lowest BCUT2D eigenvalue weighted by molar-refractivity contribution is -0.152. The van der Waals surface area contributed by atoms with Crippen molar-refractivity contribution in [3.63, 3.8) is 0 Å². The number of hydrogen-bond acceptors (Lipinski definition) is 3. The van der Waals surface area contributed by atoms with Crippen LogP contribution in [-0.4, -0.2) is 23.8 Å². The van der Waals surface area contributed by atoms with Gasteiger partial charge in [0.15, 0.2) is 0 Å². The first kappa shape index (κ1) is 17.4. The summed E-state index contributed by atoms with van der Waals surface area (Å²) < 4.78 is 5.02. The number of carbonyl (C=O) groups is 1. The van der Waals surface area contributed by atoms with Crippen LogP contribution in [0.15, 0.2) is 0 Å². The van der Waals surface area contributed by atoms with E-state index in [4.69, 9.17) is 4.74 Å². The molecule has 108 valence electrons. The molecule has 0 rings (SSSR count). The van der Waals surface area contributed by atoms with Crippen LogP contribution in [0.1, 0.15) is 72.1 Å². The third kappa shape index (κ3) is 7.70. The molecule has 18 heavy (non-hydrogen) atoms. The van der Waals surface area contributed by atoms with Crippen LogP contribution >= 0.6 is 0 Å². The summed E-state index contributed by atoms with van der Waals surface area (Å²) in [5.41, 5.74) is 0. The Bertz CT molecular complexity index is 204. The predicted octanol–water partition coefficient (Wildman–Crippen LogP) is 3.69. The Balaban J connectivity index is 3.97. The molecular weight excluding hydrogens is 228 g/mol. The minimum Gasteiger partial charge on any atom is -0.466 e. The maximum Gasteiger partial charge on any atom is 0.311 e. The molecule has 0 aliphatic rings. The summed E-state index contributed by atoms with van der Waals surface area (Å²) in [6.07, 6.45) is 7.65. The molecule has 0 saturated heterocycles. The molecule has 0 bridgehead atoms. The number of carbonyl (C=O) groups excluding carboxylic acids is 1. The van der Waals surface area contributed by atoms with E-state index in [9.17, 15) is 9.90 Å². The predicted molar refractivity (Wildman–Crippen MR) is 74.4 cm³/mol. The lowest BCUT2D eigenvalue weighted by Crippen LogP contribution is -2.30. The van der Waals surface area contributed by atoms with Crippen molar-refractivity contribution < 1.29 is 14.6 Å². The third-order valence-corrected chi connectivity index (χ3v) is 3.26. The van der Waals surface area contributed by atoms with E-state index in [0.717, 1.165) is 25.7 Å². The lowest BCUT2D eigenvalue weighted by atomic mass is 9.93. The van der Waals surface area contributed by atoms with Crippen molar-refractivity contribution in [2.75, 3.05) is 6.61 Å². The van der Waals surface area contributed by atoms with Gasteiger partial charge in [0.25, 0.3) is 0 Å². The van der Waals surface area contributed by atoms with Gasteiger partial charge in [-0.2, -0.15) is 0 Å². The fraction of sp³-hybridized carbons (Fsp3) is 0.933. The average Bonchev–Trinajstić information content (AvgIpc) is 2.35. The van der Waals surface area contributed by atoms with E-state index in [1.807, 2.05) is 6.92 Å². The summed E-state index contributed by atoms with van der Waals surface area (Å²) in [5.74, 6) is -0.568. The van der Waals surface area contributed by atoms with Gasteiger partial charge in [0, 0.05) is 0 Å². The number of esters is 1. The van der Waals surface area contributed by atoms with Crippen LogP contribution in [0.25, 0.3) is 0 Å². The number of aliphatic hydroxyl groups excluding tert-OH is 1. The van der Waals surface area contributed by atoms with Gasteiger partial charge in [0.05, 0.1) is 18.6 Å². The Kier molecular flexibility index (Phi) is 11.2. The summed E-state index contributed by atoms with van der Waals surface area (Å²) in [6, 6.07) is 0. The molecule has 1 N–H and O–H groups in total. The standard InChI is InChI=1S/C15H30O3/c1-4-7-8-9-10-12-14(16)13(11-5-2)15(17)18-6-3/h13-14,16H,4-12H2,1-3H3. The molecule has 0 spiro atoms. The molecule has 0 aromatic heterocycles. The van der Waals surface area contributed by atoms with Crippen LogP contribution in [0.5, 0.6) is 0 Å². The Hall–Kier alpha value is -0.570. The van der Waals surface area contributed by atoms with E-state index < -0.39 is 6.10 Å². The molecule has 0 amide bonds. The normalized spacial score (nSPS) is 14.2. The van der Waals surface area contributed by atoms with Crippen molar-refractivity contribution in [2.45, 2.75) is 78.2 Å². The molecule has 0 aromatic rings. The maximum absolute atomic E-state index is 11.7. The van der Waals surface area contributed by atoms with Gasteiger partial charge in [-0.25, -0.2) is 0 Å². The van der Waals surface area contributed by atoms with Crippen molar-refractivity contribution in [1.29, 1.82) is 0 Å². The van der Waals surface area contributed by atoms with Crippen molar-refractivity contribution in [3.8, 4) is 0 Å². The van der Waals surface area contributed by atoms with Gasteiger partial charge in [-0.05, 0) is 19.8 Å². The molecule has 0 saturated carbocycles. The van der Waals surface area contributed by atoms with Crippen molar-refractivity contribution in [2.24, 2.45) is 5.92 Å². The molecular formula is C15H30O3. The zero-order valence-corrected chi connectivity index (χ0v) is 12.3. The van der Waals surface area contributed by atoms with Crippen LogP contribution in [0, 0.1) is 5.92 Å². The molecule has 0 aliphatic carbocycles. The van der Waals surface area contributed by atoms with E-state index in [-0.39, 0.29) is 11.9 Å². The van der Waals surface area contributed by atoms with E-state index in [0.29, 0.717) is 13.0 Å². The van der Waals surface area contributed by atoms with Crippen molar-refractivity contribution in [1.82, 2.24) is 0 Å². The molecule has 0 heterocycles. The van der Waals surface area contributed by atoms with Crippen LogP contribution in [-0.2, 0) is 9.53 Å².